The zero-order chi connectivity index (χ0) is 17.2. The SMILES string of the molecule is CN(C(=O)c1cnc(N2CCOCC2)nc1)C1Cc2ccccc2C1. The standard InChI is InChI=1S/C19H22N4O2/c1-22(17-10-14-4-2-3-5-15(14)11-17)18(24)16-12-20-19(21-13-16)23-6-8-25-9-7-23/h2-5,12-13,17H,6-11H2,1H3. The number of ether oxygens (including phenoxy) is 1. The number of hydrogen-bond donors (Lipinski definition) is 0. The Bertz CT molecular complexity index is 731. The van der Waals surface area contributed by atoms with Gasteiger partial charge in [-0.15, -0.1) is 0 Å². The van der Waals surface area contributed by atoms with E-state index in [2.05, 4.69) is 39.1 Å². The van der Waals surface area contributed by atoms with Gasteiger partial charge in [0, 0.05) is 38.6 Å². The van der Waals surface area contributed by atoms with Crippen molar-refractivity contribution in [1.29, 1.82) is 0 Å². The first-order valence-electron chi connectivity index (χ1n) is 8.71. The highest BCUT2D eigenvalue weighted by Gasteiger charge is 2.28. The van der Waals surface area contributed by atoms with Crippen LogP contribution in [0.2, 0.25) is 0 Å². The number of rotatable bonds is 3. The first-order valence-corrected chi connectivity index (χ1v) is 8.71. The van der Waals surface area contributed by atoms with Crippen LogP contribution in [0.5, 0.6) is 0 Å². The highest BCUT2D eigenvalue weighted by atomic mass is 16.5. The average molecular weight is 338 g/mol. The number of anilines is 1. The van der Waals surface area contributed by atoms with Crippen LogP contribution < -0.4 is 4.90 Å². The predicted molar refractivity (Wildman–Crippen MR) is 94.8 cm³/mol. The summed E-state index contributed by atoms with van der Waals surface area (Å²) in [5.41, 5.74) is 3.22. The van der Waals surface area contributed by atoms with E-state index in [0.29, 0.717) is 24.7 Å². The molecule has 1 aliphatic carbocycles. The lowest BCUT2D eigenvalue weighted by Gasteiger charge is -2.27. The maximum absolute atomic E-state index is 12.8. The normalized spacial score (nSPS) is 17.4. The van der Waals surface area contributed by atoms with Crippen LogP contribution in [0.15, 0.2) is 36.7 Å². The number of carbonyl (C=O) groups is 1. The van der Waals surface area contributed by atoms with Gasteiger partial charge in [0.1, 0.15) is 0 Å². The summed E-state index contributed by atoms with van der Waals surface area (Å²) in [6.45, 7) is 2.95. The summed E-state index contributed by atoms with van der Waals surface area (Å²) < 4.78 is 5.34. The Balaban J connectivity index is 1.44. The third-order valence-corrected chi connectivity index (χ3v) is 5.08. The molecular weight excluding hydrogens is 316 g/mol. The van der Waals surface area contributed by atoms with E-state index < -0.39 is 0 Å². The molecule has 2 aliphatic rings. The Kier molecular flexibility index (Phi) is 4.36. The van der Waals surface area contributed by atoms with Crippen LogP contribution in [0.4, 0.5) is 5.95 Å². The van der Waals surface area contributed by atoms with Crippen molar-refractivity contribution in [2.45, 2.75) is 18.9 Å². The fourth-order valence-electron chi connectivity index (χ4n) is 3.54. The Morgan fingerprint density at radius 2 is 1.72 bits per heavy atom. The molecule has 1 aliphatic heterocycles. The van der Waals surface area contributed by atoms with Crippen molar-refractivity contribution in [2.24, 2.45) is 0 Å². The zero-order valence-corrected chi connectivity index (χ0v) is 14.4. The largest absolute Gasteiger partial charge is 0.378 e. The maximum atomic E-state index is 12.8. The fourth-order valence-corrected chi connectivity index (χ4v) is 3.54. The summed E-state index contributed by atoms with van der Waals surface area (Å²) in [5.74, 6) is 0.641. The lowest BCUT2D eigenvalue weighted by atomic mass is 10.1. The molecular formula is C19H22N4O2. The molecule has 0 saturated carbocycles. The number of fused-ring (bicyclic) bond motifs is 1. The monoisotopic (exact) mass is 338 g/mol. The molecule has 1 fully saturated rings. The summed E-state index contributed by atoms with van der Waals surface area (Å²) in [7, 11) is 1.87. The Morgan fingerprint density at radius 1 is 1.12 bits per heavy atom. The quantitative estimate of drug-likeness (QED) is 0.850. The second-order valence-corrected chi connectivity index (χ2v) is 6.62. The minimum absolute atomic E-state index is 0.0219. The summed E-state index contributed by atoms with van der Waals surface area (Å²) in [6.07, 6.45) is 5.09. The molecule has 0 atom stereocenters. The van der Waals surface area contributed by atoms with Gasteiger partial charge in [-0.05, 0) is 24.0 Å². The number of aromatic nitrogens is 2. The van der Waals surface area contributed by atoms with E-state index in [9.17, 15) is 4.79 Å². The maximum Gasteiger partial charge on any atom is 0.257 e. The van der Waals surface area contributed by atoms with Gasteiger partial charge >= 0.3 is 0 Å². The minimum Gasteiger partial charge on any atom is -0.378 e. The molecule has 130 valence electrons. The zero-order valence-electron chi connectivity index (χ0n) is 14.4. The number of benzene rings is 1. The van der Waals surface area contributed by atoms with Gasteiger partial charge in [0.05, 0.1) is 18.8 Å². The average Bonchev–Trinajstić information content (AvgIpc) is 3.12. The van der Waals surface area contributed by atoms with Crippen molar-refractivity contribution in [2.75, 3.05) is 38.3 Å². The van der Waals surface area contributed by atoms with Crippen molar-refractivity contribution in [1.82, 2.24) is 14.9 Å². The molecule has 1 aromatic heterocycles. The summed E-state index contributed by atoms with van der Waals surface area (Å²) in [6, 6.07) is 8.60. The van der Waals surface area contributed by atoms with E-state index in [-0.39, 0.29) is 11.9 Å². The first-order chi connectivity index (χ1) is 12.2. The van der Waals surface area contributed by atoms with Gasteiger partial charge in [-0.3, -0.25) is 4.79 Å². The number of nitrogens with zero attached hydrogens (tertiary/aromatic N) is 4. The van der Waals surface area contributed by atoms with Crippen molar-refractivity contribution >= 4 is 11.9 Å². The molecule has 25 heavy (non-hydrogen) atoms. The van der Waals surface area contributed by atoms with Gasteiger partial charge in [-0.2, -0.15) is 0 Å². The van der Waals surface area contributed by atoms with Crippen LogP contribution in [0.1, 0.15) is 21.5 Å². The minimum atomic E-state index is -0.0219. The van der Waals surface area contributed by atoms with Crippen LogP contribution in [0, 0.1) is 0 Å². The molecule has 4 rings (SSSR count). The Labute approximate surface area is 147 Å². The molecule has 1 saturated heterocycles. The van der Waals surface area contributed by atoms with Crippen molar-refractivity contribution < 1.29 is 9.53 Å². The van der Waals surface area contributed by atoms with Crippen LogP contribution >= 0.6 is 0 Å². The van der Waals surface area contributed by atoms with Crippen LogP contribution in [-0.4, -0.2) is 60.2 Å². The van der Waals surface area contributed by atoms with E-state index >= 15 is 0 Å². The van der Waals surface area contributed by atoms with Gasteiger partial charge in [-0.1, -0.05) is 24.3 Å². The second-order valence-electron chi connectivity index (χ2n) is 6.62. The fraction of sp³-hybridized carbons (Fsp3) is 0.421. The van der Waals surface area contributed by atoms with Gasteiger partial charge in [0.25, 0.3) is 5.91 Å². The molecule has 2 aromatic rings. The highest BCUT2D eigenvalue weighted by molar-refractivity contribution is 5.93. The molecule has 0 bridgehead atoms. The Hall–Kier alpha value is -2.47. The van der Waals surface area contributed by atoms with Gasteiger partial charge < -0.3 is 14.5 Å². The number of amides is 1. The molecule has 6 heteroatoms. The molecule has 0 radical (unpaired) electrons. The predicted octanol–water partition coefficient (Wildman–Crippen LogP) is 1.55. The Morgan fingerprint density at radius 3 is 2.32 bits per heavy atom. The third-order valence-electron chi connectivity index (χ3n) is 5.08. The molecule has 6 nitrogen and oxygen atoms in total. The van der Waals surface area contributed by atoms with E-state index in [1.807, 2.05) is 11.9 Å². The summed E-state index contributed by atoms with van der Waals surface area (Å²) in [4.78, 5) is 25.5. The van der Waals surface area contributed by atoms with Gasteiger partial charge in [0.15, 0.2) is 0 Å². The topological polar surface area (TPSA) is 58.6 Å². The molecule has 0 spiro atoms. The van der Waals surface area contributed by atoms with E-state index in [4.69, 9.17) is 4.74 Å². The molecule has 0 unspecified atom stereocenters. The molecule has 1 amide bonds. The van der Waals surface area contributed by atoms with Gasteiger partial charge in [-0.25, -0.2) is 9.97 Å². The number of likely N-dealkylation sites (N-methyl/N-ethyl adjacent to an activating group) is 1. The number of carbonyl (C=O) groups excluding carboxylic acids is 1. The molecule has 2 heterocycles. The molecule has 0 N–H and O–H groups in total. The van der Waals surface area contributed by atoms with Crippen molar-refractivity contribution in [3.63, 3.8) is 0 Å². The van der Waals surface area contributed by atoms with E-state index in [1.165, 1.54) is 11.1 Å². The van der Waals surface area contributed by atoms with Crippen LogP contribution in [0.25, 0.3) is 0 Å². The van der Waals surface area contributed by atoms with E-state index in [0.717, 1.165) is 25.9 Å². The van der Waals surface area contributed by atoms with Gasteiger partial charge in [0.2, 0.25) is 5.95 Å². The van der Waals surface area contributed by atoms with E-state index in [1.54, 1.807) is 12.4 Å². The smallest absolute Gasteiger partial charge is 0.257 e. The summed E-state index contributed by atoms with van der Waals surface area (Å²) >= 11 is 0. The van der Waals surface area contributed by atoms with Crippen molar-refractivity contribution in [3.8, 4) is 0 Å². The third kappa shape index (κ3) is 3.22. The first kappa shape index (κ1) is 16.0. The number of hydrogen-bond acceptors (Lipinski definition) is 5. The lowest BCUT2D eigenvalue weighted by Crippen LogP contribution is -2.38. The van der Waals surface area contributed by atoms with Crippen LogP contribution in [0.3, 0.4) is 0 Å². The molecule has 1 aromatic carbocycles. The highest BCUT2D eigenvalue weighted by Crippen LogP contribution is 2.25. The summed E-state index contributed by atoms with van der Waals surface area (Å²) in [5, 5.41) is 0. The second kappa shape index (κ2) is 6.80. The van der Waals surface area contributed by atoms with Crippen LogP contribution in [-0.2, 0) is 17.6 Å². The number of morpholine rings is 1. The van der Waals surface area contributed by atoms with Crippen molar-refractivity contribution in [3.05, 3.63) is 53.3 Å². The lowest BCUT2D eigenvalue weighted by molar-refractivity contribution is 0.0736.